The molecule has 0 amide bonds. The minimum Gasteiger partial charge on any atom is -0.461 e. The van der Waals surface area contributed by atoms with E-state index in [0.717, 1.165) is 0 Å². The SMILES string of the molecule is CCOC(=O)c1ncsc1NCc1ccccc1F. The number of carbonyl (C=O) groups is 1. The van der Waals surface area contributed by atoms with E-state index in [1.807, 2.05) is 0 Å². The summed E-state index contributed by atoms with van der Waals surface area (Å²) in [4.78, 5) is 15.6. The van der Waals surface area contributed by atoms with E-state index in [1.54, 1.807) is 30.6 Å². The van der Waals surface area contributed by atoms with Crippen LogP contribution in [0.4, 0.5) is 9.39 Å². The lowest BCUT2D eigenvalue weighted by Crippen LogP contribution is -2.09. The van der Waals surface area contributed by atoms with Crippen LogP contribution in [0.1, 0.15) is 23.0 Å². The fraction of sp³-hybridized carbons (Fsp3) is 0.231. The van der Waals surface area contributed by atoms with Crippen LogP contribution in [0, 0.1) is 5.82 Å². The van der Waals surface area contributed by atoms with Crippen LogP contribution in [0.25, 0.3) is 0 Å². The first-order chi connectivity index (χ1) is 9.22. The largest absolute Gasteiger partial charge is 0.461 e. The molecule has 1 aromatic carbocycles. The van der Waals surface area contributed by atoms with Gasteiger partial charge < -0.3 is 10.1 Å². The van der Waals surface area contributed by atoms with Gasteiger partial charge in [0.2, 0.25) is 0 Å². The van der Waals surface area contributed by atoms with Gasteiger partial charge in [-0.05, 0) is 13.0 Å². The van der Waals surface area contributed by atoms with E-state index in [4.69, 9.17) is 4.74 Å². The second-order valence-corrected chi connectivity index (χ2v) is 4.55. The first-order valence-corrected chi connectivity index (χ1v) is 6.68. The van der Waals surface area contributed by atoms with Crippen molar-refractivity contribution < 1.29 is 13.9 Å². The number of hydrogen-bond donors (Lipinski definition) is 1. The molecule has 2 rings (SSSR count). The summed E-state index contributed by atoms with van der Waals surface area (Å²) in [5, 5.41) is 3.59. The van der Waals surface area contributed by atoms with Crippen LogP contribution in [0.5, 0.6) is 0 Å². The van der Waals surface area contributed by atoms with Crippen LogP contribution < -0.4 is 5.32 Å². The third kappa shape index (κ3) is 3.29. The van der Waals surface area contributed by atoms with Crippen LogP contribution >= 0.6 is 11.3 Å². The summed E-state index contributed by atoms with van der Waals surface area (Å²) in [5.74, 6) is -0.753. The zero-order valence-electron chi connectivity index (χ0n) is 10.4. The molecule has 0 saturated carbocycles. The maximum Gasteiger partial charge on any atom is 0.360 e. The summed E-state index contributed by atoms with van der Waals surface area (Å²) in [6, 6.07) is 6.48. The number of halogens is 1. The molecule has 0 fully saturated rings. The number of aromatic nitrogens is 1. The number of anilines is 1. The summed E-state index contributed by atoms with van der Waals surface area (Å²) in [6.45, 7) is 2.32. The summed E-state index contributed by atoms with van der Waals surface area (Å²) < 4.78 is 18.3. The zero-order valence-corrected chi connectivity index (χ0v) is 11.2. The summed E-state index contributed by atoms with van der Waals surface area (Å²) in [6.07, 6.45) is 0. The Hall–Kier alpha value is -1.95. The van der Waals surface area contributed by atoms with Crippen molar-refractivity contribution in [2.45, 2.75) is 13.5 Å². The number of hydrogen-bond acceptors (Lipinski definition) is 5. The van der Waals surface area contributed by atoms with Gasteiger partial charge >= 0.3 is 5.97 Å². The Kier molecular flexibility index (Phi) is 4.46. The number of benzene rings is 1. The molecule has 0 spiro atoms. The van der Waals surface area contributed by atoms with Gasteiger partial charge in [0.25, 0.3) is 0 Å². The number of nitrogens with one attached hydrogen (secondary N) is 1. The van der Waals surface area contributed by atoms with E-state index in [-0.39, 0.29) is 11.5 Å². The van der Waals surface area contributed by atoms with Gasteiger partial charge in [-0.15, -0.1) is 11.3 Å². The Bertz CT molecular complexity index is 571. The molecule has 100 valence electrons. The molecule has 2 aromatic rings. The number of carbonyl (C=O) groups excluding carboxylic acids is 1. The molecule has 0 unspecified atom stereocenters. The predicted octanol–water partition coefficient (Wildman–Crippen LogP) is 3.07. The average Bonchev–Trinajstić information content (AvgIpc) is 2.86. The van der Waals surface area contributed by atoms with Crippen molar-refractivity contribution in [3.8, 4) is 0 Å². The van der Waals surface area contributed by atoms with E-state index in [0.29, 0.717) is 23.7 Å². The van der Waals surface area contributed by atoms with Crippen molar-refractivity contribution in [2.24, 2.45) is 0 Å². The molecule has 1 aromatic heterocycles. The standard InChI is InChI=1S/C13H13FN2O2S/c1-2-18-13(17)11-12(19-8-16-11)15-7-9-5-3-4-6-10(9)14/h3-6,8,15H,2,7H2,1H3. The van der Waals surface area contributed by atoms with E-state index >= 15 is 0 Å². The molecule has 0 aliphatic rings. The molecule has 4 nitrogen and oxygen atoms in total. The highest BCUT2D eigenvalue weighted by atomic mass is 32.1. The van der Waals surface area contributed by atoms with Crippen LogP contribution in [-0.4, -0.2) is 17.6 Å². The predicted molar refractivity (Wildman–Crippen MR) is 71.8 cm³/mol. The number of esters is 1. The van der Waals surface area contributed by atoms with E-state index in [1.165, 1.54) is 17.4 Å². The van der Waals surface area contributed by atoms with E-state index in [9.17, 15) is 9.18 Å². The molecular weight excluding hydrogens is 267 g/mol. The van der Waals surface area contributed by atoms with Gasteiger partial charge in [-0.2, -0.15) is 0 Å². The Morgan fingerprint density at radius 3 is 3.00 bits per heavy atom. The number of rotatable bonds is 5. The fourth-order valence-corrected chi connectivity index (χ4v) is 2.20. The molecule has 19 heavy (non-hydrogen) atoms. The van der Waals surface area contributed by atoms with Gasteiger partial charge in [-0.3, -0.25) is 0 Å². The third-order valence-electron chi connectivity index (χ3n) is 2.43. The average molecular weight is 280 g/mol. The van der Waals surface area contributed by atoms with E-state index in [2.05, 4.69) is 10.3 Å². The van der Waals surface area contributed by atoms with Gasteiger partial charge in [0, 0.05) is 12.1 Å². The molecular formula is C13H13FN2O2S. The van der Waals surface area contributed by atoms with E-state index < -0.39 is 5.97 Å². The molecule has 1 heterocycles. The van der Waals surface area contributed by atoms with Crippen molar-refractivity contribution in [2.75, 3.05) is 11.9 Å². The lowest BCUT2D eigenvalue weighted by Gasteiger charge is -2.06. The fourth-order valence-electron chi connectivity index (χ4n) is 1.53. The maximum atomic E-state index is 13.5. The highest BCUT2D eigenvalue weighted by Gasteiger charge is 2.16. The van der Waals surface area contributed by atoms with Gasteiger partial charge in [-0.25, -0.2) is 14.2 Å². The highest BCUT2D eigenvalue weighted by molar-refractivity contribution is 7.14. The van der Waals surface area contributed by atoms with Crippen molar-refractivity contribution in [3.05, 3.63) is 46.9 Å². The quantitative estimate of drug-likeness (QED) is 0.855. The number of nitrogens with zero attached hydrogens (tertiary/aromatic N) is 1. The van der Waals surface area contributed by atoms with Gasteiger partial charge in [0.05, 0.1) is 12.1 Å². The molecule has 0 aliphatic carbocycles. The summed E-state index contributed by atoms with van der Waals surface area (Å²) in [5.41, 5.74) is 2.32. The van der Waals surface area contributed by atoms with Gasteiger partial charge in [0.1, 0.15) is 10.8 Å². The summed E-state index contributed by atoms with van der Waals surface area (Å²) in [7, 11) is 0. The minimum atomic E-state index is -0.472. The number of thiazole rings is 1. The number of ether oxygens (including phenoxy) is 1. The maximum absolute atomic E-state index is 13.5. The summed E-state index contributed by atoms with van der Waals surface area (Å²) >= 11 is 1.28. The van der Waals surface area contributed by atoms with Crippen molar-refractivity contribution in [1.82, 2.24) is 4.98 Å². The third-order valence-corrected chi connectivity index (χ3v) is 3.22. The normalized spacial score (nSPS) is 10.2. The second kappa shape index (κ2) is 6.29. The monoisotopic (exact) mass is 280 g/mol. The van der Waals surface area contributed by atoms with Crippen molar-refractivity contribution >= 4 is 22.3 Å². The molecule has 0 aliphatic heterocycles. The highest BCUT2D eigenvalue weighted by Crippen LogP contribution is 2.22. The first kappa shape index (κ1) is 13.5. The minimum absolute atomic E-state index is 0.239. The van der Waals surface area contributed by atoms with Crippen molar-refractivity contribution in [1.29, 1.82) is 0 Å². The molecule has 1 N–H and O–H groups in total. The Balaban J connectivity index is 2.06. The Morgan fingerprint density at radius 2 is 2.26 bits per heavy atom. The van der Waals surface area contributed by atoms with Crippen LogP contribution in [-0.2, 0) is 11.3 Å². The van der Waals surface area contributed by atoms with Gasteiger partial charge in [-0.1, -0.05) is 18.2 Å². The van der Waals surface area contributed by atoms with Crippen LogP contribution in [0.3, 0.4) is 0 Å². The smallest absolute Gasteiger partial charge is 0.360 e. The lowest BCUT2D eigenvalue weighted by atomic mass is 10.2. The molecule has 0 radical (unpaired) electrons. The first-order valence-electron chi connectivity index (χ1n) is 5.80. The zero-order chi connectivity index (χ0) is 13.7. The molecule has 0 saturated heterocycles. The van der Waals surface area contributed by atoms with Crippen LogP contribution in [0.2, 0.25) is 0 Å². The van der Waals surface area contributed by atoms with Gasteiger partial charge in [0.15, 0.2) is 5.69 Å². The Labute approximate surface area is 114 Å². The molecule has 0 bridgehead atoms. The van der Waals surface area contributed by atoms with Crippen molar-refractivity contribution in [3.63, 3.8) is 0 Å². The molecule has 0 atom stereocenters. The Morgan fingerprint density at radius 1 is 1.47 bits per heavy atom. The van der Waals surface area contributed by atoms with Crippen LogP contribution in [0.15, 0.2) is 29.8 Å². The second-order valence-electron chi connectivity index (χ2n) is 3.70. The molecule has 6 heteroatoms. The topological polar surface area (TPSA) is 51.2 Å². The lowest BCUT2D eigenvalue weighted by molar-refractivity contribution is 0.0521.